The van der Waals surface area contributed by atoms with E-state index in [0.717, 1.165) is 24.3 Å². The lowest BCUT2D eigenvalue weighted by Gasteiger charge is -2.29. The van der Waals surface area contributed by atoms with Gasteiger partial charge in [-0.2, -0.15) is 0 Å². The fraction of sp³-hybridized carbons (Fsp3) is 0.391. The van der Waals surface area contributed by atoms with Crippen LogP contribution < -0.4 is 0 Å². The molecule has 3 rings (SSSR count). The van der Waals surface area contributed by atoms with Gasteiger partial charge in [0, 0.05) is 25.9 Å². The van der Waals surface area contributed by atoms with Crippen LogP contribution in [0.2, 0.25) is 0 Å². The molecule has 0 unspecified atom stereocenters. The van der Waals surface area contributed by atoms with Crippen molar-refractivity contribution >= 4 is 35.0 Å². The van der Waals surface area contributed by atoms with E-state index in [2.05, 4.69) is 47.9 Å². The first-order valence-electron chi connectivity index (χ1n) is 9.72. The smallest absolute Gasteiger partial charge is 0.186 e. The summed E-state index contributed by atoms with van der Waals surface area (Å²) in [6.07, 6.45) is 7.42. The van der Waals surface area contributed by atoms with Crippen molar-refractivity contribution in [2.75, 3.05) is 13.1 Å². The van der Waals surface area contributed by atoms with Crippen molar-refractivity contribution in [2.45, 2.75) is 44.9 Å². The first kappa shape index (κ1) is 21.6. The topological polar surface area (TPSA) is 20.3 Å². The van der Waals surface area contributed by atoms with Gasteiger partial charge in [-0.05, 0) is 43.2 Å². The van der Waals surface area contributed by atoms with E-state index in [9.17, 15) is 4.79 Å². The maximum absolute atomic E-state index is 10.5. The molecule has 0 amide bonds. The summed E-state index contributed by atoms with van der Waals surface area (Å²) in [5, 5.41) is -0.0474. The van der Waals surface area contributed by atoms with E-state index in [4.69, 9.17) is 12.2 Å². The molecule has 144 valence electrons. The zero-order valence-electron chi connectivity index (χ0n) is 15.8. The Balaban J connectivity index is 0.000000208. The molecule has 2 aromatic carbocycles. The summed E-state index contributed by atoms with van der Waals surface area (Å²) in [6, 6.07) is 20.5. The number of hydrogen-bond donors (Lipinski definition) is 1. The summed E-state index contributed by atoms with van der Waals surface area (Å²) in [4.78, 5) is 14.0. The Morgan fingerprint density at radius 1 is 0.815 bits per heavy atom. The second kappa shape index (κ2) is 12.7. The minimum atomic E-state index is -0.0474. The zero-order valence-corrected chi connectivity index (χ0v) is 17.6. The van der Waals surface area contributed by atoms with Gasteiger partial charge in [-0.25, -0.2) is 0 Å². The molecule has 27 heavy (non-hydrogen) atoms. The maximum Gasteiger partial charge on any atom is 0.186 e. The summed E-state index contributed by atoms with van der Waals surface area (Å²) in [5.74, 6) is 0. The molecule has 1 aliphatic rings. The molecular weight excluding hydrogens is 370 g/mol. The van der Waals surface area contributed by atoms with E-state index in [1.165, 1.54) is 43.5 Å². The normalized spacial score (nSPS) is 13.4. The monoisotopic (exact) mass is 399 g/mol. The second-order valence-electron chi connectivity index (χ2n) is 6.81. The maximum atomic E-state index is 10.5. The van der Waals surface area contributed by atoms with Crippen LogP contribution >= 0.6 is 24.8 Å². The van der Waals surface area contributed by atoms with Crippen molar-refractivity contribution in [2.24, 2.45) is 0 Å². The van der Waals surface area contributed by atoms with Crippen LogP contribution in [0, 0.1) is 0 Å². The molecule has 0 atom stereocenters. The minimum absolute atomic E-state index is 0.0474. The van der Waals surface area contributed by atoms with Gasteiger partial charge in [-0.15, -0.1) is 12.6 Å². The molecule has 0 spiro atoms. The lowest BCUT2D eigenvalue weighted by atomic mass is 10.1. The highest BCUT2D eigenvalue weighted by molar-refractivity contribution is 7.96. The van der Waals surface area contributed by atoms with Gasteiger partial charge in [0.15, 0.2) is 5.12 Å². The van der Waals surface area contributed by atoms with Gasteiger partial charge >= 0.3 is 0 Å². The Hall–Kier alpha value is -1.65. The highest BCUT2D eigenvalue weighted by Gasteiger charge is 2.12. The number of aryl methyl sites for hydroxylation is 2. The van der Waals surface area contributed by atoms with Crippen molar-refractivity contribution in [3.63, 3.8) is 0 Å². The Bertz CT molecular complexity index is 682. The van der Waals surface area contributed by atoms with Gasteiger partial charge in [0.2, 0.25) is 0 Å². The van der Waals surface area contributed by atoms with Crippen LogP contribution in [0.3, 0.4) is 0 Å². The van der Waals surface area contributed by atoms with Crippen LogP contribution in [0.5, 0.6) is 0 Å². The molecule has 2 aromatic rings. The van der Waals surface area contributed by atoms with E-state index in [1.54, 1.807) is 0 Å². The van der Waals surface area contributed by atoms with Gasteiger partial charge in [0.1, 0.15) is 0 Å². The van der Waals surface area contributed by atoms with E-state index < -0.39 is 0 Å². The Labute approximate surface area is 174 Å². The summed E-state index contributed by atoms with van der Waals surface area (Å²) >= 11 is 9.19. The number of thiocarbonyl (C=S) groups is 1. The largest absolute Gasteiger partial charge is 0.366 e. The molecule has 0 aliphatic carbocycles. The first-order valence-corrected chi connectivity index (χ1v) is 10.6. The number of carbonyl (C=O) groups is 1. The molecule has 0 radical (unpaired) electrons. The van der Waals surface area contributed by atoms with Gasteiger partial charge in [-0.3, -0.25) is 4.79 Å². The number of piperidine rings is 1. The number of thiol groups is 1. The van der Waals surface area contributed by atoms with Crippen molar-refractivity contribution in [3.05, 3.63) is 71.8 Å². The summed E-state index contributed by atoms with van der Waals surface area (Å²) in [5.41, 5.74) is 2.58. The lowest BCUT2D eigenvalue weighted by Crippen LogP contribution is -2.34. The molecule has 0 aromatic heterocycles. The van der Waals surface area contributed by atoms with Crippen LogP contribution in [0.15, 0.2) is 60.7 Å². The molecule has 1 saturated heterocycles. The molecule has 0 saturated carbocycles. The van der Waals surface area contributed by atoms with Crippen molar-refractivity contribution in [1.82, 2.24) is 4.90 Å². The van der Waals surface area contributed by atoms with Crippen LogP contribution in [0.1, 0.15) is 43.2 Å². The van der Waals surface area contributed by atoms with Gasteiger partial charge in [-0.1, -0.05) is 72.9 Å². The standard InChI is InChI=1S/C14H19NS.C9H10OS/c16-14(15-11-5-2-6-12-15)10-9-13-7-3-1-4-8-13;10-9(11)7-6-8-4-2-1-3-5-8/h1,3-4,7-8H,2,5-6,9-12H2;1-5H,6-7H2,(H,10,11). The quantitative estimate of drug-likeness (QED) is 0.511. The van der Waals surface area contributed by atoms with Gasteiger partial charge in [0.25, 0.3) is 0 Å². The predicted octanol–water partition coefficient (Wildman–Crippen LogP) is 5.51. The third-order valence-electron chi connectivity index (χ3n) is 4.65. The van der Waals surface area contributed by atoms with Crippen LogP contribution in [-0.4, -0.2) is 28.1 Å². The summed E-state index contributed by atoms with van der Waals surface area (Å²) < 4.78 is 0. The van der Waals surface area contributed by atoms with E-state index in [1.807, 2.05) is 30.3 Å². The Morgan fingerprint density at radius 3 is 1.78 bits per heavy atom. The van der Waals surface area contributed by atoms with E-state index in [0.29, 0.717) is 6.42 Å². The van der Waals surface area contributed by atoms with Gasteiger partial charge < -0.3 is 4.90 Å². The number of hydrogen-bond acceptors (Lipinski definition) is 2. The number of carbonyl (C=O) groups excluding carboxylic acids is 1. The van der Waals surface area contributed by atoms with E-state index >= 15 is 0 Å². The highest BCUT2D eigenvalue weighted by atomic mass is 32.1. The molecular formula is C23H29NOS2. The van der Waals surface area contributed by atoms with E-state index in [-0.39, 0.29) is 5.12 Å². The molecule has 2 nitrogen and oxygen atoms in total. The van der Waals surface area contributed by atoms with Crippen LogP contribution in [0.4, 0.5) is 0 Å². The van der Waals surface area contributed by atoms with Crippen molar-refractivity contribution in [3.8, 4) is 0 Å². The van der Waals surface area contributed by atoms with Crippen LogP contribution in [-0.2, 0) is 17.6 Å². The SMILES string of the molecule is O=C(S)CCc1ccccc1.S=C(CCc1ccccc1)N1CCCCC1. The number of nitrogens with zero attached hydrogens (tertiary/aromatic N) is 1. The van der Waals surface area contributed by atoms with Gasteiger partial charge in [0.05, 0.1) is 4.99 Å². The molecule has 4 heteroatoms. The second-order valence-corrected chi connectivity index (χ2v) is 7.78. The zero-order chi connectivity index (χ0) is 19.3. The third kappa shape index (κ3) is 9.21. The summed E-state index contributed by atoms with van der Waals surface area (Å²) in [6.45, 7) is 2.35. The van der Waals surface area contributed by atoms with Crippen molar-refractivity contribution in [1.29, 1.82) is 0 Å². The number of likely N-dealkylation sites (tertiary alicyclic amines) is 1. The fourth-order valence-corrected chi connectivity index (χ4v) is 3.49. The third-order valence-corrected chi connectivity index (χ3v) is 5.34. The van der Waals surface area contributed by atoms with Crippen LogP contribution in [0.25, 0.3) is 0 Å². The molecule has 1 heterocycles. The minimum Gasteiger partial charge on any atom is -0.366 e. The molecule has 0 bridgehead atoms. The lowest BCUT2D eigenvalue weighted by molar-refractivity contribution is -0.110. The predicted molar refractivity (Wildman–Crippen MR) is 122 cm³/mol. The number of benzene rings is 2. The van der Waals surface area contributed by atoms with Crippen molar-refractivity contribution < 1.29 is 4.79 Å². The average Bonchev–Trinajstić information content (AvgIpc) is 2.73. The average molecular weight is 400 g/mol. The fourth-order valence-electron chi connectivity index (χ4n) is 3.09. The summed E-state index contributed by atoms with van der Waals surface area (Å²) in [7, 11) is 0. The molecule has 0 N–H and O–H groups in total. The molecule has 1 aliphatic heterocycles. The first-order chi connectivity index (χ1) is 13.1. The number of rotatable bonds is 6. The molecule has 1 fully saturated rings. The highest BCUT2D eigenvalue weighted by Crippen LogP contribution is 2.12. The Morgan fingerprint density at radius 2 is 1.30 bits per heavy atom. The Kier molecular flexibility index (Phi) is 10.2.